The first-order valence-corrected chi connectivity index (χ1v) is 10.7. The van der Waals surface area contributed by atoms with Crippen molar-refractivity contribution in [2.24, 2.45) is 5.92 Å². The molecule has 2 aliphatic heterocycles. The average molecular weight is 426 g/mol. The highest BCUT2D eigenvalue weighted by Gasteiger charge is 2.78. The smallest absolute Gasteiger partial charge is 0.311 e. The van der Waals surface area contributed by atoms with Crippen molar-refractivity contribution in [2.45, 2.75) is 11.0 Å². The molecule has 3 aromatic carbocycles. The normalized spacial score (nSPS) is 28.3. The standard InChI is InChI=1S/C26H22N2O4/c1-27-14-19(23(30)32-3)25(17-11-4-5-13-20(17)28(2)24(25)31)26(27)18-12-7-9-15-8-6-10-16(21(15)18)22(26)29/h4-13,19H,14H2,1-3H3/t19-,25+,26+/m1/s1. The molecule has 6 nitrogen and oxygen atoms in total. The zero-order valence-corrected chi connectivity index (χ0v) is 18.1. The van der Waals surface area contributed by atoms with Gasteiger partial charge < -0.3 is 9.64 Å². The molecule has 160 valence electrons. The fraction of sp³-hybridized carbons (Fsp3) is 0.269. The number of carbonyl (C=O) groups is 3. The first kappa shape index (κ1) is 19.2. The molecule has 2 spiro atoms. The van der Waals surface area contributed by atoms with Gasteiger partial charge in [0, 0.05) is 24.8 Å². The number of fused-ring (bicyclic) bond motifs is 4. The minimum atomic E-state index is -1.43. The zero-order valence-electron chi connectivity index (χ0n) is 18.1. The van der Waals surface area contributed by atoms with E-state index in [2.05, 4.69) is 0 Å². The molecule has 1 fully saturated rings. The van der Waals surface area contributed by atoms with Gasteiger partial charge in [-0.15, -0.1) is 0 Å². The summed E-state index contributed by atoms with van der Waals surface area (Å²) in [7, 11) is 4.88. The van der Waals surface area contributed by atoms with Crippen molar-refractivity contribution < 1.29 is 19.1 Å². The van der Waals surface area contributed by atoms with Crippen LogP contribution in [0.3, 0.4) is 0 Å². The average Bonchev–Trinajstić information content (AvgIpc) is 3.34. The van der Waals surface area contributed by atoms with E-state index in [9.17, 15) is 14.4 Å². The molecule has 0 N–H and O–H groups in total. The monoisotopic (exact) mass is 426 g/mol. The quantitative estimate of drug-likeness (QED) is 0.560. The van der Waals surface area contributed by atoms with Gasteiger partial charge in [-0.2, -0.15) is 0 Å². The number of likely N-dealkylation sites (N-methyl/N-ethyl adjacent to an activating group) is 2. The SMILES string of the molecule is COC(=O)[C@H]1CN(C)[C@@]2(C(=O)c3cccc4cccc2c34)[C@]12C(=O)N(C)c1ccccc12. The molecule has 0 unspecified atom stereocenters. The lowest BCUT2D eigenvalue weighted by molar-refractivity contribution is -0.150. The summed E-state index contributed by atoms with van der Waals surface area (Å²) in [5.41, 5.74) is 0.0254. The van der Waals surface area contributed by atoms with Gasteiger partial charge in [0.05, 0.1) is 13.0 Å². The number of rotatable bonds is 1. The van der Waals surface area contributed by atoms with E-state index < -0.39 is 22.8 Å². The fourth-order valence-corrected chi connectivity index (χ4v) is 6.69. The fourth-order valence-electron chi connectivity index (χ4n) is 6.69. The van der Waals surface area contributed by atoms with Crippen molar-refractivity contribution in [3.8, 4) is 0 Å². The van der Waals surface area contributed by atoms with Crippen LogP contribution in [0.5, 0.6) is 0 Å². The first-order valence-electron chi connectivity index (χ1n) is 10.7. The van der Waals surface area contributed by atoms with Crippen LogP contribution >= 0.6 is 0 Å². The van der Waals surface area contributed by atoms with Crippen molar-refractivity contribution in [1.82, 2.24) is 4.90 Å². The molecule has 0 saturated carbocycles. The highest BCUT2D eigenvalue weighted by atomic mass is 16.5. The van der Waals surface area contributed by atoms with Gasteiger partial charge in [-0.1, -0.05) is 54.6 Å². The van der Waals surface area contributed by atoms with Crippen LogP contribution in [-0.4, -0.2) is 50.3 Å². The number of methoxy groups -OCH3 is 1. The second kappa shape index (κ2) is 6.04. The third-order valence-electron chi connectivity index (χ3n) is 7.81. The van der Waals surface area contributed by atoms with Gasteiger partial charge in [0.25, 0.3) is 0 Å². The maximum atomic E-state index is 14.4. The Balaban J connectivity index is 1.81. The predicted molar refractivity (Wildman–Crippen MR) is 120 cm³/mol. The second-order valence-electron chi connectivity index (χ2n) is 8.89. The molecule has 1 amide bonds. The van der Waals surface area contributed by atoms with Gasteiger partial charge in [-0.25, -0.2) is 0 Å². The number of ether oxygens (including phenoxy) is 1. The number of carbonyl (C=O) groups excluding carboxylic acids is 3. The number of likely N-dealkylation sites (tertiary alicyclic amines) is 1. The molecule has 32 heavy (non-hydrogen) atoms. The minimum absolute atomic E-state index is 0.142. The Kier molecular flexibility index (Phi) is 3.63. The lowest BCUT2D eigenvalue weighted by Gasteiger charge is -2.44. The third kappa shape index (κ3) is 1.77. The van der Waals surface area contributed by atoms with Crippen molar-refractivity contribution in [1.29, 1.82) is 0 Å². The number of hydrogen-bond acceptors (Lipinski definition) is 5. The number of anilines is 1. The topological polar surface area (TPSA) is 66.9 Å². The number of ketones is 1. The van der Waals surface area contributed by atoms with E-state index in [0.717, 1.165) is 22.0 Å². The number of amides is 1. The van der Waals surface area contributed by atoms with Gasteiger partial charge >= 0.3 is 5.97 Å². The van der Waals surface area contributed by atoms with Crippen LogP contribution in [-0.2, 0) is 25.3 Å². The van der Waals surface area contributed by atoms with Crippen LogP contribution in [0.15, 0.2) is 60.7 Å². The summed E-state index contributed by atoms with van der Waals surface area (Å²) in [4.78, 5) is 45.4. The van der Waals surface area contributed by atoms with E-state index in [-0.39, 0.29) is 18.2 Å². The summed E-state index contributed by atoms with van der Waals surface area (Å²) < 4.78 is 5.21. The molecule has 0 bridgehead atoms. The summed E-state index contributed by atoms with van der Waals surface area (Å²) >= 11 is 0. The zero-order chi connectivity index (χ0) is 22.4. The molecule has 0 aromatic heterocycles. The van der Waals surface area contributed by atoms with Gasteiger partial charge in [0.2, 0.25) is 5.91 Å². The van der Waals surface area contributed by atoms with Crippen molar-refractivity contribution in [2.75, 3.05) is 32.6 Å². The van der Waals surface area contributed by atoms with Crippen LogP contribution in [0.2, 0.25) is 0 Å². The lowest BCUT2D eigenvalue weighted by Crippen LogP contribution is -2.62. The first-order chi connectivity index (χ1) is 15.4. The minimum Gasteiger partial charge on any atom is -0.469 e. The molecule has 1 aliphatic carbocycles. The number of esters is 1. The van der Waals surface area contributed by atoms with E-state index in [1.54, 1.807) is 11.9 Å². The molecular weight excluding hydrogens is 404 g/mol. The van der Waals surface area contributed by atoms with Crippen LogP contribution in [0.4, 0.5) is 5.69 Å². The number of hydrogen-bond donors (Lipinski definition) is 0. The van der Waals surface area contributed by atoms with Crippen LogP contribution in [0, 0.1) is 5.92 Å². The van der Waals surface area contributed by atoms with E-state index in [4.69, 9.17) is 4.74 Å². The van der Waals surface area contributed by atoms with E-state index in [1.165, 1.54) is 7.11 Å². The Morgan fingerprint density at radius 1 is 0.969 bits per heavy atom. The number of para-hydroxylation sites is 1. The van der Waals surface area contributed by atoms with E-state index in [1.807, 2.05) is 72.6 Å². The Morgan fingerprint density at radius 2 is 1.66 bits per heavy atom. The number of Topliss-reactive ketones (excluding diaryl/α,β-unsaturated/α-hetero) is 1. The van der Waals surface area contributed by atoms with E-state index in [0.29, 0.717) is 11.1 Å². The number of benzene rings is 3. The molecule has 6 rings (SSSR count). The molecular formula is C26H22N2O4. The van der Waals surface area contributed by atoms with Gasteiger partial charge in [0.1, 0.15) is 11.0 Å². The molecule has 3 aromatic rings. The Bertz CT molecular complexity index is 1360. The van der Waals surface area contributed by atoms with Crippen molar-refractivity contribution in [3.63, 3.8) is 0 Å². The summed E-state index contributed by atoms with van der Waals surface area (Å²) in [6, 6.07) is 19.0. The largest absolute Gasteiger partial charge is 0.469 e. The molecule has 2 heterocycles. The van der Waals surface area contributed by atoms with E-state index >= 15 is 0 Å². The summed E-state index contributed by atoms with van der Waals surface area (Å²) in [6.07, 6.45) is 0. The molecule has 3 atom stereocenters. The summed E-state index contributed by atoms with van der Waals surface area (Å²) in [6.45, 7) is 0.233. The van der Waals surface area contributed by atoms with Gasteiger partial charge in [-0.3, -0.25) is 19.3 Å². The maximum Gasteiger partial charge on any atom is 0.311 e. The molecule has 3 aliphatic rings. The molecule has 0 radical (unpaired) electrons. The molecule has 6 heteroatoms. The second-order valence-corrected chi connectivity index (χ2v) is 8.89. The van der Waals surface area contributed by atoms with Crippen LogP contribution in [0.25, 0.3) is 10.8 Å². The highest BCUT2D eigenvalue weighted by Crippen LogP contribution is 2.65. The summed E-state index contributed by atoms with van der Waals surface area (Å²) in [5.74, 6) is -1.71. The van der Waals surface area contributed by atoms with Gasteiger partial charge in [0.15, 0.2) is 5.78 Å². The van der Waals surface area contributed by atoms with Gasteiger partial charge in [-0.05, 0) is 35.0 Å². The molecule has 1 saturated heterocycles. The summed E-state index contributed by atoms with van der Waals surface area (Å²) in [5, 5.41) is 1.80. The van der Waals surface area contributed by atoms with Crippen LogP contribution in [0.1, 0.15) is 21.5 Å². The Labute approximate surface area is 185 Å². The van der Waals surface area contributed by atoms with Crippen molar-refractivity contribution >= 4 is 34.1 Å². The van der Waals surface area contributed by atoms with Crippen molar-refractivity contribution in [3.05, 3.63) is 77.4 Å². The predicted octanol–water partition coefficient (Wildman–Crippen LogP) is 2.88. The lowest BCUT2D eigenvalue weighted by atomic mass is 9.58. The number of nitrogens with zero attached hydrogens (tertiary/aromatic N) is 2. The Hall–Kier alpha value is -3.51. The highest BCUT2D eigenvalue weighted by molar-refractivity contribution is 6.26. The third-order valence-corrected chi connectivity index (χ3v) is 7.81. The van der Waals surface area contributed by atoms with Crippen LogP contribution < -0.4 is 4.90 Å². The Morgan fingerprint density at radius 3 is 2.41 bits per heavy atom. The maximum absolute atomic E-state index is 14.4.